The van der Waals surface area contributed by atoms with Crippen molar-refractivity contribution in [3.8, 4) is 11.5 Å². The minimum Gasteiger partial charge on any atom is -0.497 e. The Morgan fingerprint density at radius 1 is 1.24 bits per heavy atom. The van der Waals surface area contributed by atoms with Crippen molar-refractivity contribution >= 4 is 0 Å². The monoisotopic (exact) mass is 291 g/mol. The van der Waals surface area contributed by atoms with Gasteiger partial charge in [-0.25, -0.2) is 0 Å². The molecule has 6 nitrogen and oxygen atoms in total. The molecule has 6 heteroatoms. The molecule has 0 saturated carbocycles. The summed E-state index contributed by atoms with van der Waals surface area (Å²) in [6.07, 6.45) is 3.10. The Bertz CT molecular complexity index is 561. The fourth-order valence-corrected chi connectivity index (χ4v) is 2.06. The maximum atomic E-state index is 10.2. The van der Waals surface area contributed by atoms with Crippen LogP contribution in [0.15, 0.2) is 30.6 Å². The zero-order chi connectivity index (χ0) is 15.2. The van der Waals surface area contributed by atoms with Gasteiger partial charge in [0.15, 0.2) is 0 Å². The molecule has 0 aliphatic heterocycles. The average molecular weight is 291 g/mol. The molecule has 21 heavy (non-hydrogen) atoms. The Hall–Kier alpha value is -2.05. The van der Waals surface area contributed by atoms with Crippen LogP contribution in [0.3, 0.4) is 0 Å². The van der Waals surface area contributed by atoms with E-state index in [2.05, 4.69) is 10.4 Å². The molecule has 0 amide bonds. The quantitative estimate of drug-likeness (QED) is 0.804. The normalized spacial score (nSPS) is 12.2. The van der Waals surface area contributed by atoms with Gasteiger partial charge in [0.1, 0.15) is 11.5 Å². The van der Waals surface area contributed by atoms with Crippen molar-refractivity contribution in [2.75, 3.05) is 20.8 Å². The maximum Gasteiger partial charge on any atom is 0.122 e. The summed E-state index contributed by atoms with van der Waals surface area (Å²) < 4.78 is 12.2. The van der Waals surface area contributed by atoms with Crippen molar-refractivity contribution < 1.29 is 14.6 Å². The van der Waals surface area contributed by atoms with Crippen molar-refractivity contribution in [1.29, 1.82) is 0 Å². The highest BCUT2D eigenvalue weighted by molar-refractivity contribution is 5.39. The predicted molar refractivity (Wildman–Crippen MR) is 79.4 cm³/mol. The Labute approximate surface area is 124 Å². The average Bonchev–Trinajstić information content (AvgIpc) is 2.92. The third-order valence-corrected chi connectivity index (χ3v) is 3.18. The highest BCUT2D eigenvalue weighted by Gasteiger charge is 2.11. The first-order valence-corrected chi connectivity index (χ1v) is 6.71. The molecule has 0 bridgehead atoms. The van der Waals surface area contributed by atoms with Gasteiger partial charge in [0.05, 0.1) is 26.5 Å². The fourth-order valence-electron chi connectivity index (χ4n) is 2.06. The number of methoxy groups -OCH3 is 2. The molecule has 1 aromatic heterocycles. The van der Waals surface area contributed by atoms with Crippen LogP contribution in [0.5, 0.6) is 11.5 Å². The summed E-state index contributed by atoms with van der Waals surface area (Å²) in [5, 5.41) is 17.6. The van der Waals surface area contributed by atoms with E-state index in [0.717, 1.165) is 11.1 Å². The number of nitrogens with zero attached hydrogens (tertiary/aromatic N) is 2. The topological polar surface area (TPSA) is 68.5 Å². The van der Waals surface area contributed by atoms with Gasteiger partial charge in [0.25, 0.3) is 0 Å². The highest BCUT2D eigenvalue weighted by Crippen LogP contribution is 2.26. The lowest BCUT2D eigenvalue weighted by atomic mass is 10.1. The van der Waals surface area contributed by atoms with Crippen LogP contribution < -0.4 is 14.8 Å². The van der Waals surface area contributed by atoms with Gasteiger partial charge < -0.3 is 19.9 Å². The van der Waals surface area contributed by atoms with Crippen LogP contribution in [-0.4, -0.2) is 35.7 Å². The van der Waals surface area contributed by atoms with Crippen LogP contribution in [0.2, 0.25) is 0 Å². The third-order valence-electron chi connectivity index (χ3n) is 3.18. The Kier molecular flexibility index (Phi) is 5.19. The van der Waals surface area contributed by atoms with Crippen LogP contribution >= 0.6 is 0 Å². The van der Waals surface area contributed by atoms with E-state index >= 15 is 0 Å². The van der Waals surface area contributed by atoms with Crippen LogP contribution in [0.1, 0.15) is 17.2 Å². The molecule has 1 aromatic carbocycles. The molecule has 2 rings (SSSR count). The van der Waals surface area contributed by atoms with Gasteiger partial charge in [-0.1, -0.05) is 0 Å². The first-order chi connectivity index (χ1) is 10.1. The van der Waals surface area contributed by atoms with E-state index in [0.29, 0.717) is 24.6 Å². The van der Waals surface area contributed by atoms with Gasteiger partial charge in [-0.05, 0) is 17.7 Å². The fraction of sp³-hybridized carbons (Fsp3) is 0.400. The Morgan fingerprint density at radius 3 is 2.43 bits per heavy atom. The molecule has 0 radical (unpaired) electrons. The molecule has 2 N–H and O–H groups in total. The lowest BCUT2D eigenvalue weighted by Crippen LogP contribution is -2.21. The second kappa shape index (κ2) is 7.10. The SMILES string of the molecule is COc1cc(OC)cc(C(O)CNCc2cnn(C)c2)c1. The third kappa shape index (κ3) is 4.21. The first kappa shape index (κ1) is 15.3. The van der Waals surface area contributed by atoms with Crippen molar-refractivity contribution in [3.05, 3.63) is 41.7 Å². The van der Waals surface area contributed by atoms with Crippen LogP contribution in [-0.2, 0) is 13.6 Å². The number of nitrogens with one attached hydrogen (secondary N) is 1. The molecule has 1 atom stereocenters. The van der Waals surface area contributed by atoms with Gasteiger partial charge in [0, 0.05) is 38.0 Å². The van der Waals surface area contributed by atoms with Gasteiger partial charge in [-0.2, -0.15) is 5.10 Å². The summed E-state index contributed by atoms with van der Waals surface area (Å²) in [5.74, 6) is 1.33. The summed E-state index contributed by atoms with van der Waals surface area (Å²) in [6, 6.07) is 5.39. The van der Waals surface area contributed by atoms with Crippen molar-refractivity contribution in [1.82, 2.24) is 15.1 Å². The number of aryl methyl sites for hydroxylation is 1. The lowest BCUT2D eigenvalue weighted by Gasteiger charge is -2.14. The highest BCUT2D eigenvalue weighted by atomic mass is 16.5. The molecule has 114 valence electrons. The molecule has 0 saturated heterocycles. The van der Waals surface area contributed by atoms with Gasteiger partial charge in [-0.3, -0.25) is 4.68 Å². The van der Waals surface area contributed by atoms with Crippen LogP contribution in [0.25, 0.3) is 0 Å². The lowest BCUT2D eigenvalue weighted by molar-refractivity contribution is 0.173. The molecule has 1 heterocycles. The minimum atomic E-state index is -0.634. The first-order valence-electron chi connectivity index (χ1n) is 6.71. The maximum absolute atomic E-state index is 10.2. The van der Waals surface area contributed by atoms with Crippen LogP contribution in [0, 0.1) is 0 Å². The van der Waals surface area contributed by atoms with E-state index in [1.165, 1.54) is 0 Å². The predicted octanol–water partition coefficient (Wildman–Crippen LogP) is 1.26. The smallest absolute Gasteiger partial charge is 0.122 e. The second-order valence-corrected chi connectivity index (χ2v) is 4.81. The van der Waals surface area contributed by atoms with E-state index in [1.54, 1.807) is 43.3 Å². The van der Waals surface area contributed by atoms with Gasteiger partial charge in [0.2, 0.25) is 0 Å². The molecule has 1 unspecified atom stereocenters. The van der Waals surface area contributed by atoms with E-state index in [4.69, 9.17) is 9.47 Å². The number of aromatic nitrogens is 2. The largest absolute Gasteiger partial charge is 0.497 e. The van der Waals surface area contributed by atoms with Crippen molar-refractivity contribution in [2.45, 2.75) is 12.6 Å². The van der Waals surface area contributed by atoms with E-state index < -0.39 is 6.10 Å². The summed E-state index contributed by atoms with van der Waals surface area (Å²) in [7, 11) is 5.05. The number of aliphatic hydroxyl groups is 1. The van der Waals surface area contributed by atoms with Crippen molar-refractivity contribution in [2.24, 2.45) is 7.05 Å². The Balaban J connectivity index is 1.94. The van der Waals surface area contributed by atoms with E-state index in [9.17, 15) is 5.11 Å². The number of benzene rings is 1. The summed E-state index contributed by atoms with van der Waals surface area (Å²) in [4.78, 5) is 0. The standard InChI is InChI=1S/C15H21N3O3/c1-18-10-11(8-17-18)7-16-9-15(19)12-4-13(20-2)6-14(5-12)21-3/h4-6,8,10,15-16,19H,7,9H2,1-3H3. The molecule has 0 spiro atoms. The molecule has 2 aromatic rings. The summed E-state index contributed by atoms with van der Waals surface area (Å²) in [5.41, 5.74) is 1.83. The number of rotatable bonds is 7. The zero-order valence-corrected chi connectivity index (χ0v) is 12.5. The number of aliphatic hydroxyl groups excluding tert-OH is 1. The van der Waals surface area contributed by atoms with E-state index in [1.807, 2.05) is 13.2 Å². The number of hydrogen-bond donors (Lipinski definition) is 2. The molecule has 0 aliphatic rings. The van der Waals surface area contributed by atoms with Crippen LogP contribution in [0.4, 0.5) is 0 Å². The Morgan fingerprint density at radius 2 is 1.90 bits per heavy atom. The second-order valence-electron chi connectivity index (χ2n) is 4.81. The number of hydrogen-bond acceptors (Lipinski definition) is 5. The zero-order valence-electron chi connectivity index (χ0n) is 12.5. The van der Waals surface area contributed by atoms with E-state index in [-0.39, 0.29) is 0 Å². The molecule has 0 fully saturated rings. The summed E-state index contributed by atoms with van der Waals surface area (Å²) >= 11 is 0. The van der Waals surface area contributed by atoms with Gasteiger partial charge in [-0.15, -0.1) is 0 Å². The molecular weight excluding hydrogens is 270 g/mol. The van der Waals surface area contributed by atoms with Gasteiger partial charge >= 0.3 is 0 Å². The summed E-state index contributed by atoms with van der Waals surface area (Å²) in [6.45, 7) is 1.09. The minimum absolute atomic E-state index is 0.436. The number of ether oxygens (including phenoxy) is 2. The van der Waals surface area contributed by atoms with Crippen molar-refractivity contribution in [3.63, 3.8) is 0 Å². The molecular formula is C15H21N3O3. The molecule has 0 aliphatic carbocycles.